The molecule has 1 fully saturated rings. The van der Waals surface area contributed by atoms with Crippen LogP contribution in [0.15, 0.2) is 59.7 Å². The predicted molar refractivity (Wildman–Crippen MR) is 110 cm³/mol. The zero-order valence-corrected chi connectivity index (χ0v) is 16.4. The number of amides is 1. The molecule has 1 aliphatic heterocycles. The Morgan fingerprint density at radius 1 is 1.28 bits per heavy atom. The molecule has 1 aromatic carbocycles. The first-order chi connectivity index (χ1) is 14.1. The van der Waals surface area contributed by atoms with Gasteiger partial charge in [0, 0.05) is 31.5 Å². The molecule has 4 rings (SSSR count). The number of ether oxygens (including phenoxy) is 1. The van der Waals surface area contributed by atoms with E-state index in [0.717, 1.165) is 38.2 Å². The molecule has 150 valence electrons. The molecule has 1 amide bonds. The average molecular weight is 392 g/mol. The Hall–Kier alpha value is -3.19. The molecule has 7 heteroatoms. The number of pyridine rings is 1. The first kappa shape index (κ1) is 19.1. The van der Waals surface area contributed by atoms with Crippen molar-refractivity contribution in [1.29, 1.82) is 0 Å². The summed E-state index contributed by atoms with van der Waals surface area (Å²) >= 11 is 0. The number of benzene rings is 1. The minimum Gasteiger partial charge on any atom is -0.497 e. The Bertz CT molecular complexity index is 1080. The maximum Gasteiger partial charge on any atom is 0.270 e. The lowest BCUT2D eigenvalue weighted by Gasteiger charge is -2.33. The van der Waals surface area contributed by atoms with Gasteiger partial charge in [0.05, 0.1) is 7.11 Å². The van der Waals surface area contributed by atoms with Gasteiger partial charge in [0.15, 0.2) is 0 Å². The summed E-state index contributed by atoms with van der Waals surface area (Å²) in [5.41, 5.74) is 1.42. The Morgan fingerprint density at radius 2 is 2.17 bits per heavy atom. The molecule has 7 nitrogen and oxygen atoms in total. The van der Waals surface area contributed by atoms with Crippen molar-refractivity contribution < 1.29 is 9.53 Å². The average Bonchev–Trinajstić information content (AvgIpc) is 2.74. The number of likely N-dealkylation sites (tertiary alicyclic amines) is 1. The highest BCUT2D eigenvalue weighted by molar-refractivity contribution is 5.93. The lowest BCUT2D eigenvalue weighted by atomic mass is 10.0. The van der Waals surface area contributed by atoms with Crippen molar-refractivity contribution in [2.45, 2.75) is 25.4 Å². The molecule has 2 aromatic heterocycles. The van der Waals surface area contributed by atoms with Crippen molar-refractivity contribution in [2.24, 2.45) is 0 Å². The topological polar surface area (TPSA) is 75.9 Å². The van der Waals surface area contributed by atoms with Crippen LogP contribution in [0.1, 0.15) is 28.8 Å². The van der Waals surface area contributed by atoms with Crippen molar-refractivity contribution in [3.05, 3.63) is 76.3 Å². The Morgan fingerprint density at radius 3 is 3.03 bits per heavy atom. The number of nitrogens with zero attached hydrogens (tertiary/aromatic N) is 3. The molecule has 3 aromatic rings. The fourth-order valence-corrected chi connectivity index (χ4v) is 3.79. The summed E-state index contributed by atoms with van der Waals surface area (Å²) in [6.45, 7) is 2.51. The van der Waals surface area contributed by atoms with Gasteiger partial charge in [-0.3, -0.25) is 18.9 Å². The number of carbonyl (C=O) groups excluding carboxylic acids is 1. The molecule has 0 bridgehead atoms. The quantitative estimate of drug-likeness (QED) is 0.720. The molecule has 1 unspecified atom stereocenters. The van der Waals surface area contributed by atoms with E-state index in [-0.39, 0.29) is 23.1 Å². The molecule has 29 heavy (non-hydrogen) atoms. The van der Waals surface area contributed by atoms with E-state index in [2.05, 4.69) is 21.3 Å². The van der Waals surface area contributed by atoms with Gasteiger partial charge in [-0.2, -0.15) is 0 Å². The van der Waals surface area contributed by atoms with Crippen LogP contribution in [0.25, 0.3) is 5.65 Å². The smallest absolute Gasteiger partial charge is 0.270 e. The molecular weight excluding hydrogens is 368 g/mol. The van der Waals surface area contributed by atoms with Gasteiger partial charge >= 0.3 is 0 Å². The van der Waals surface area contributed by atoms with E-state index in [1.807, 2.05) is 18.2 Å². The molecule has 0 radical (unpaired) electrons. The van der Waals surface area contributed by atoms with E-state index >= 15 is 0 Å². The van der Waals surface area contributed by atoms with Crippen LogP contribution in [0.3, 0.4) is 0 Å². The lowest BCUT2D eigenvalue weighted by molar-refractivity contribution is 0.0898. The van der Waals surface area contributed by atoms with E-state index in [0.29, 0.717) is 5.65 Å². The van der Waals surface area contributed by atoms with Crippen molar-refractivity contribution in [3.63, 3.8) is 0 Å². The van der Waals surface area contributed by atoms with Crippen molar-refractivity contribution in [3.8, 4) is 5.75 Å². The number of aromatic nitrogens is 2. The third kappa shape index (κ3) is 4.30. The summed E-state index contributed by atoms with van der Waals surface area (Å²) < 4.78 is 6.69. The van der Waals surface area contributed by atoms with Crippen LogP contribution in [0.5, 0.6) is 5.75 Å². The number of carbonyl (C=O) groups is 1. The fraction of sp³-hybridized carbons (Fsp3) is 0.318. The normalized spacial score (nSPS) is 17.2. The van der Waals surface area contributed by atoms with Gasteiger partial charge in [0.25, 0.3) is 11.5 Å². The van der Waals surface area contributed by atoms with Crippen molar-refractivity contribution >= 4 is 11.6 Å². The maximum absolute atomic E-state index is 12.7. The number of fused-ring (bicyclic) bond motifs is 1. The van der Waals surface area contributed by atoms with Gasteiger partial charge in [0.1, 0.15) is 17.0 Å². The standard InChI is InChI=1S/C22H24N4O3/c1-29-18-8-4-6-16(12-18)14-25-10-5-7-17(15-25)24-21(27)19-13-23-20-9-2-3-11-26(20)22(19)28/h2-4,6,8-9,11-13,17H,5,7,10,14-15H2,1H3,(H,24,27). The predicted octanol–water partition coefficient (Wildman–Crippen LogP) is 2.10. The largest absolute Gasteiger partial charge is 0.497 e. The van der Waals surface area contributed by atoms with E-state index < -0.39 is 0 Å². The first-order valence-electron chi connectivity index (χ1n) is 9.76. The molecule has 0 spiro atoms. The second kappa shape index (κ2) is 8.45. The summed E-state index contributed by atoms with van der Waals surface area (Å²) in [7, 11) is 1.66. The van der Waals surface area contributed by atoms with Crippen LogP contribution < -0.4 is 15.6 Å². The summed E-state index contributed by atoms with van der Waals surface area (Å²) in [4.78, 5) is 31.9. The monoisotopic (exact) mass is 392 g/mol. The van der Waals surface area contributed by atoms with E-state index in [4.69, 9.17) is 4.74 Å². The number of methoxy groups -OCH3 is 1. The highest BCUT2D eigenvalue weighted by Gasteiger charge is 2.23. The zero-order valence-electron chi connectivity index (χ0n) is 16.4. The maximum atomic E-state index is 12.7. The summed E-state index contributed by atoms with van der Waals surface area (Å²) in [6, 6.07) is 13.3. The second-order valence-corrected chi connectivity index (χ2v) is 7.31. The number of piperidine rings is 1. The van der Waals surface area contributed by atoms with Crippen LogP contribution in [-0.2, 0) is 6.54 Å². The zero-order chi connectivity index (χ0) is 20.2. The van der Waals surface area contributed by atoms with E-state index in [1.165, 1.54) is 16.2 Å². The van der Waals surface area contributed by atoms with Crippen molar-refractivity contribution in [2.75, 3.05) is 20.2 Å². The molecule has 0 saturated carbocycles. The van der Waals surface area contributed by atoms with Gasteiger partial charge in [-0.25, -0.2) is 4.98 Å². The summed E-state index contributed by atoms with van der Waals surface area (Å²) in [6.07, 6.45) is 4.87. The minimum atomic E-state index is -0.367. The Balaban J connectivity index is 1.43. The molecular formula is C22H24N4O3. The fourth-order valence-electron chi connectivity index (χ4n) is 3.79. The van der Waals surface area contributed by atoms with Gasteiger partial charge in [-0.1, -0.05) is 18.2 Å². The first-order valence-corrected chi connectivity index (χ1v) is 9.76. The molecule has 1 aliphatic rings. The third-order valence-corrected chi connectivity index (χ3v) is 5.24. The number of hydrogen-bond donors (Lipinski definition) is 1. The van der Waals surface area contributed by atoms with Gasteiger partial charge in [0.2, 0.25) is 0 Å². The van der Waals surface area contributed by atoms with Gasteiger partial charge in [-0.15, -0.1) is 0 Å². The summed E-state index contributed by atoms with van der Waals surface area (Å²) in [5.74, 6) is 0.475. The minimum absolute atomic E-state index is 0.00210. The van der Waals surface area contributed by atoms with Gasteiger partial charge in [-0.05, 0) is 49.2 Å². The van der Waals surface area contributed by atoms with Crippen LogP contribution in [-0.4, -0.2) is 46.4 Å². The molecule has 3 heterocycles. The van der Waals surface area contributed by atoms with Crippen LogP contribution >= 0.6 is 0 Å². The molecule has 1 atom stereocenters. The Labute approximate surface area is 168 Å². The van der Waals surface area contributed by atoms with E-state index in [9.17, 15) is 9.59 Å². The SMILES string of the molecule is COc1cccc(CN2CCCC(NC(=O)c3cnc4ccccn4c3=O)C2)c1. The number of nitrogens with one attached hydrogen (secondary N) is 1. The lowest BCUT2D eigenvalue weighted by Crippen LogP contribution is -2.48. The van der Waals surface area contributed by atoms with Crippen LogP contribution in [0.4, 0.5) is 0 Å². The number of hydrogen-bond acceptors (Lipinski definition) is 5. The summed E-state index contributed by atoms with van der Waals surface area (Å²) in [5, 5.41) is 3.02. The van der Waals surface area contributed by atoms with Crippen LogP contribution in [0, 0.1) is 0 Å². The van der Waals surface area contributed by atoms with Crippen LogP contribution in [0.2, 0.25) is 0 Å². The number of rotatable bonds is 5. The second-order valence-electron chi connectivity index (χ2n) is 7.31. The molecule has 0 aliphatic carbocycles. The Kier molecular flexibility index (Phi) is 5.57. The molecule has 1 saturated heterocycles. The van der Waals surface area contributed by atoms with Crippen molar-refractivity contribution in [1.82, 2.24) is 19.6 Å². The highest BCUT2D eigenvalue weighted by Crippen LogP contribution is 2.17. The highest BCUT2D eigenvalue weighted by atomic mass is 16.5. The van der Waals surface area contributed by atoms with Gasteiger partial charge < -0.3 is 10.1 Å². The van der Waals surface area contributed by atoms with E-state index in [1.54, 1.807) is 31.5 Å². The molecule has 1 N–H and O–H groups in total. The third-order valence-electron chi connectivity index (χ3n) is 5.24.